The van der Waals surface area contributed by atoms with Gasteiger partial charge >= 0.3 is 0 Å². The second-order valence-electron chi connectivity index (χ2n) is 1.02. The summed E-state index contributed by atoms with van der Waals surface area (Å²) in [6, 6.07) is 0. The summed E-state index contributed by atoms with van der Waals surface area (Å²) in [5.41, 5.74) is 3.97. The molecule has 0 aliphatic heterocycles. The standard InChI is InChI=1S/C6H6Cl2/c7-5-3-1-2-4-6-8/h1-3,6H,5H2. The van der Waals surface area contributed by atoms with Gasteiger partial charge < -0.3 is 0 Å². The Labute approximate surface area is 59.1 Å². The van der Waals surface area contributed by atoms with Crippen LogP contribution in [0, 0.1) is 0 Å². The van der Waals surface area contributed by atoms with E-state index in [1.807, 2.05) is 0 Å². The Kier molecular flexibility index (Phi) is 6.70. The molecule has 0 saturated heterocycles. The molecule has 0 radical (unpaired) electrons. The van der Waals surface area contributed by atoms with Gasteiger partial charge in [-0.1, -0.05) is 23.8 Å². The zero-order valence-corrected chi connectivity index (χ0v) is 5.78. The van der Waals surface area contributed by atoms with Crippen LogP contribution in [0.15, 0.2) is 29.5 Å². The summed E-state index contributed by atoms with van der Waals surface area (Å²) >= 11 is 10.4. The molecule has 0 spiro atoms. The van der Waals surface area contributed by atoms with E-state index >= 15 is 0 Å². The first-order valence-corrected chi connectivity index (χ1v) is 3.11. The number of allylic oxidation sites excluding steroid dienone is 3. The zero-order valence-electron chi connectivity index (χ0n) is 4.27. The first-order valence-electron chi connectivity index (χ1n) is 2.14. The largest absolute Gasteiger partial charge is 0.122 e. The van der Waals surface area contributed by atoms with E-state index in [0.29, 0.717) is 5.88 Å². The fourth-order valence-corrected chi connectivity index (χ4v) is 0.387. The highest BCUT2D eigenvalue weighted by molar-refractivity contribution is 6.25. The van der Waals surface area contributed by atoms with Crippen molar-refractivity contribution >= 4 is 23.2 Å². The van der Waals surface area contributed by atoms with Crippen molar-refractivity contribution in [3.63, 3.8) is 0 Å². The van der Waals surface area contributed by atoms with Gasteiger partial charge in [0, 0.05) is 11.4 Å². The van der Waals surface area contributed by atoms with Gasteiger partial charge in [-0.05, 0) is 6.08 Å². The molecule has 0 fully saturated rings. The normalized spacial score (nSPS) is 8.75. The van der Waals surface area contributed by atoms with Crippen molar-refractivity contribution in [2.24, 2.45) is 0 Å². The molecule has 0 bridgehead atoms. The van der Waals surface area contributed by atoms with E-state index in [1.165, 1.54) is 5.54 Å². The predicted molar refractivity (Wildman–Crippen MR) is 38.4 cm³/mol. The van der Waals surface area contributed by atoms with Gasteiger partial charge in [0.2, 0.25) is 0 Å². The van der Waals surface area contributed by atoms with Crippen LogP contribution in [-0.2, 0) is 0 Å². The van der Waals surface area contributed by atoms with Crippen molar-refractivity contribution in [1.82, 2.24) is 0 Å². The molecular formula is C6H6Cl2. The van der Waals surface area contributed by atoms with E-state index in [0.717, 1.165) is 0 Å². The fourth-order valence-electron chi connectivity index (χ4n) is 0.211. The average Bonchev–Trinajstić information content (AvgIpc) is 1.81. The first-order chi connectivity index (χ1) is 3.91. The lowest BCUT2D eigenvalue weighted by molar-refractivity contribution is 1.74. The van der Waals surface area contributed by atoms with Crippen LogP contribution in [0.4, 0.5) is 0 Å². The first kappa shape index (κ1) is 7.84. The Balaban J connectivity index is 3.42. The summed E-state index contributed by atoms with van der Waals surface area (Å²) < 4.78 is 0. The van der Waals surface area contributed by atoms with Gasteiger partial charge in [-0.3, -0.25) is 0 Å². The molecule has 0 aromatic carbocycles. The van der Waals surface area contributed by atoms with Crippen LogP contribution in [0.2, 0.25) is 0 Å². The molecule has 0 saturated carbocycles. The molecule has 44 valence electrons. The molecule has 0 unspecified atom stereocenters. The van der Waals surface area contributed by atoms with E-state index in [9.17, 15) is 0 Å². The van der Waals surface area contributed by atoms with Crippen LogP contribution in [0.3, 0.4) is 0 Å². The Morgan fingerprint density at radius 2 is 2.25 bits per heavy atom. The lowest BCUT2D eigenvalue weighted by atomic mass is 10.5. The third-order valence-electron chi connectivity index (χ3n) is 0.481. The van der Waals surface area contributed by atoms with Crippen molar-refractivity contribution in [2.75, 3.05) is 5.88 Å². The zero-order chi connectivity index (χ0) is 6.24. The number of alkyl halides is 1. The minimum atomic E-state index is 0.528. The van der Waals surface area contributed by atoms with Gasteiger partial charge in [0.1, 0.15) is 0 Å². The maximum Gasteiger partial charge on any atom is 0.0462 e. The van der Waals surface area contributed by atoms with Crippen LogP contribution in [0.5, 0.6) is 0 Å². The molecule has 0 nitrogen and oxygen atoms in total. The Hall–Kier alpha value is -0.160. The Morgan fingerprint density at radius 1 is 1.50 bits per heavy atom. The molecule has 0 heterocycles. The second-order valence-corrected chi connectivity index (χ2v) is 1.55. The summed E-state index contributed by atoms with van der Waals surface area (Å²) in [5, 5.41) is 0. The van der Waals surface area contributed by atoms with Crippen molar-refractivity contribution in [2.45, 2.75) is 0 Å². The molecule has 0 aliphatic rings. The number of hydrogen-bond donors (Lipinski definition) is 0. The number of halogens is 2. The predicted octanol–water partition coefficient (Wildman–Crippen LogP) is 2.69. The third kappa shape index (κ3) is 5.84. The molecule has 0 aliphatic carbocycles. The van der Waals surface area contributed by atoms with Crippen LogP contribution >= 0.6 is 23.2 Å². The summed E-state index contributed by atoms with van der Waals surface area (Å²) in [6.07, 6.45) is 5.27. The van der Waals surface area contributed by atoms with Crippen LogP contribution in [0.25, 0.3) is 0 Å². The molecule has 8 heavy (non-hydrogen) atoms. The third-order valence-corrected chi connectivity index (χ3v) is 0.785. The highest BCUT2D eigenvalue weighted by Gasteiger charge is 1.59. The van der Waals surface area contributed by atoms with Gasteiger partial charge in [-0.2, -0.15) is 0 Å². The highest BCUT2D eigenvalue weighted by atomic mass is 35.5. The van der Waals surface area contributed by atoms with E-state index in [4.69, 9.17) is 23.2 Å². The molecule has 0 amide bonds. The molecule has 0 atom stereocenters. The summed E-state index contributed by atoms with van der Waals surface area (Å²) in [6.45, 7) is 0. The smallest absolute Gasteiger partial charge is 0.0462 e. The molecule has 2 heteroatoms. The quantitative estimate of drug-likeness (QED) is 0.321. The number of rotatable bonds is 2. The van der Waals surface area contributed by atoms with Crippen LogP contribution < -0.4 is 0 Å². The van der Waals surface area contributed by atoms with Gasteiger partial charge in [-0.15, -0.1) is 17.3 Å². The fraction of sp³-hybridized carbons (Fsp3) is 0.167. The average molecular weight is 149 g/mol. The summed E-state index contributed by atoms with van der Waals surface area (Å²) in [5.74, 6) is 0.528. The molecular weight excluding hydrogens is 143 g/mol. The number of hydrogen-bond acceptors (Lipinski definition) is 0. The monoisotopic (exact) mass is 148 g/mol. The lowest BCUT2D eigenvalue weighted by Gasteiger charge is -1.66. The minimum absolute atomic E-state index is 0.528. The van der Waals surface area contributed by atoms with E-state index < -0.39 is 0 Å². The Morgan fingerprint density at radius 3 is 2.75 bits per heavy atom. The van der Waals surface area contributed by atoms with E-state index in [-0.39, 0.29) is 0 Å². The molecule has 0 aromatic heterocycles. The van der Waals surface area contributed by atoms with Gasteiger partial charge in [0.15, 0.2) is 0 Å². The Bertz CT molecular complexity index is 118. The second kappa shape index (κ2) is 6.84. The van der Waals surface area contributed by atoms with Crippen molar-refractivity contribution in [3.05, 3.63) is 29.5 Å². The maximum absolute atomic E-state index is 5.30. The summed E-state index contributed by atoms with van der Waals surface area (Å²) in [7, 11) is 0. The van der Waals surface area contributed by atoms with Crippen molar-refractivity contribution < 1.29 is 0 Å². The van der Waals surface area contributed by atoms with Gasteiger partial charge in [-0.25, -0.2) is 0 Å². The SMILES string of the molecule is ClC=C=CC=CCCl. The van der Waals surface area contributed by atoms with Crippen LogP contribution in [0.1, 0.15) is 0 Å². The van der Waals surface area contributed by atoms with E-state index in [1.54, 1.807) is 18.2 Å². The van der Waals surface area contributed by atoms with Crippen LogP contribution in [-0.4, -0.2) is 5.88 Å². The lowest BCUT2D eigenvalue weighted by Crippen LogP contribution is -1.53. The maximum atomic E-state index is 5.30. The van der Waals surface area contributed by atoms with Crippen molar-refractivity contribution in [1.29, 1.82) is 0 Å². The highest BCUT2D eigenvalue weighted by Crippen LogP contribution is 1.79. The topological polar surface area (TPSA) is 0 Å². The molecule has 0 rings (SSSR count). The summed E-state index contributed by atoms with van der Waals surface area (Å²) in [4.78, 5) is 0. The molecule has 0 N–H and O–H groups in total. The van der Waals surface area contributed by atoms with E-state index in [2.05, 4.69) is 5.73 Å². The minimum Gasteiger partial charge on any atom is -0.122 e. The van der Waals surface area contributed by atoms with Crippen molar-refractivity contribution in [3.8, 4) is 0 Å². The van der Waals surface area contributed by atoms with Gasteiger partial charge in [0.05, 0.1) is 0 Å². The molecule has 0 aromatic rings. The van der Waals surface area contributed by atoms with Gasteiger partial charge in [0.25, 0.3) is 0 Å².